The number of hydrogen-bond acceptors (Lipinski definition) is 2. The first-order valence-electron chi connectivity index (χ1n) is 9.73. The molecule has 0 amide bonds. The Balaban J connectivity index is 1.67. The van der Waals surface area contributed by atoms with Gasteiger partial charge in [0.1, 0.15) is 5.75 Å². The number of rotatable bonds is 7. The van der Waals surface area contributed by atoms with Crippen LogP contribution in [0.4, 0.5) is 0 Å². The molecule has 4 aromatic rings. The third kappa shape index (κ3) is 3.99. The van der Waals surface area contributed by atoms with Crippen molar-refractivity contribution in [3.8, 4) is 5.75 Å². The summed E-state index contributed by atoms with van der Waals surface area (Å²) in [6.45, 7) is 2.89. The van der Waals surface area contributed by atoms with Gasteiger partial charge in [0.15, 0.2) is 11.9 Å². The lowest BCUT2D eigenvalue weighted by molar-refractivity contribution is 0.187. The fourth-order valence-electron chi connectivity index (χ4n) is 3.37. The molecule has 0 aliphatic heterocycles. The van der Waals surface area contributed by atoms with Crippen LogP contribution in [-0.2, 0) is 6.54 Å². The molecule has 0 spiro atoms. The number of para-hydroxylation sites is 3. The number of hydrogen-bond donors (Lipinski definition) is 0. The van der Waals surface area contributed by atoms with Crippen LogP contribution in [0.15, 0.2) is 91.0 Å². The van der Waals surface area contributed by atoms with E-state index in [2.05, 4.69) is 66.1 Å². The molecule has 3 aromatic carbocycles. The summed E-state index contributed by atoms with van der Waals surface area (Å²) in [5.74, 6) is 1.83. The van der Waals surface area contributed by atoms with Crippen molar-refractivity contribution in [3.63, 3.8) is 0 Å². The third-order valence-corrected chi connectivity index (χ3v) is 4.76. The zero-order chi connectivity index (χ0) is 19.2. The van der Waals surface area contributed by atoms with Gasteiger partial charge in [0, 0.05) is 6.54 Å². The Hall–Kier alpha value is -3.33. The van der Waals surface area contributed by atoms with Crippen molar-refractivity contribution in [1.29, 1.82) is 0 Å². The minimum atomic E-state index is -0.0973. The fourth-order valence-corrected chi connectivity index (χ4v) is 3.37. The van der Waals surface area contributed by atoms with E-state index in [0.29, 0.717) is 0 Å². The molecule has 1 aromatic heterocycles. The minimum Gasteiger partial charge on any atom is -0.483 e. The van der Waals surface area contributed by atoms with Crippen molar-refractivity contribution in [2.75, 3.05) is 0 Å². The highest BCUT2D eigenvalue weighted by atomic mass is 16.5. The summed E-state index contributed by atoms with van der Waals surface area (Å²) >= 11 is 0. The lowest BCUT2D eigenvalue weighted by atomic mass is 10.2. The zero-order valence-corrected chi connectivity index (χ0v) is 16.0. The Morgan fingerprint density at radius 3 is 2.32 bits per heavy atom. The molecule has 1 heterocycles. The number of imidazole rings is 1. The van der Waals surface area contributed by atoms with Crippen LogP contribution in [0.25, 0.3) is 17.1 Å². The average molecular weight is 368 g/mol. The van der Waals surface area contributed by atoms with E-state index < -0.39 is 0 Å². The van der Waals surface area contributed by atoms with Crippen LogP contribution in [0.3, 0.4) is 0 Å². The monoisotopic (exact) mass is 368 g/mol. The van der Waals surface area contributed by atoms with Gasteiger partial charge in [-0.2, -0.15) is 0 Å². The van der Waals surface area contributed by atoms with Gasteiger partial charge < -0.3 is 9.30 Å². The van der Waals surface area contributed by atoms with Gasteiger partial charge in [-0.25, -0.2) is 4.98 Å². The average Bonchev–Trinajstić information content (AvgIpc) is 3.12. The van der Waals surface area contributed by atoms with Crippen LogP contribution in [0.1, 0.15) is 30.8 Å². The molecule has 1 atom stereocenters. The van der Waals surface area contributed by atoms with Gasteiger partial charge >= 0.3 is 0 Å². The second kappa shape index (κ2) is 8.57. The molecule has 0 aliphatic carbocycles. The van der Waals surface area contributed by atoms with Gasteiger partial charge in [-0.15, -0.1) is 0 Å². The van der Waals surface area contributed by atoms with E-state index in [1.807, 2.05) is 42.5 Å². The molecule has 0 saturated heterocycles. The van der Waals surface area contributed by atoms with Crippen molar-refractivity contribution in [2.24, 2.45) is 0 Å². The number of benzene rings is 3. The van der Waals surface area contributed by atoms with Crippen LogP contribution >= 0.6 is 0 Å². The molecule has 3 nitrogen and oxygen atoms in total. The second-order valence-electron chi connectivity index (χ2n) is 6.71. The van der Waals surface area contributed by atoms with E-state index in [1.165, 1.54) is 5.56 Å². The normalized spacial score (nSPS) is 12.5. The largest absolute Gasteiger partial charge is 0.483 e. The predicted octanol–water partition coefficient (Wildman–Crippen LogP) is 6.28. The van der Waals surface area contributed by atoms with E-state index >= 15 is 0 Å². The summed E-state index contributed by atoms with van der Waals surface area (Å²) < 4.78 is 8.53. The summed E-state index contributed by atoms with van der Waals surface area (Å²) in [5.41, 5.74) is 3.33. The SMILES string of the molecule is CCC(Oc1ccccc1)c1nc2ccccc2n1C/C=C/c1ccccc1. The number of nitrogens with zero attached hydrogens (tertiary/aromatic N) is 2. The molecule has 0 fully saturated rings. The van der Waals surface area contributed by atoms with E-state index in [0.717, 1.165) is 35.6 Å². The summed E-state index contributed by atoms with van der Waals surface area (Å²) in [7, 11) is 0. The van der Waals surface area contributed by atoms with Crippen molar-refractivity contribution in [2.45, 2.75) is 26.0 Å². The van der Waals surface area contributed by atoms with Crippen molar-refractivity contribution in [3.05, 3.63) is 102 Å². The molecule has 0 radical (unpaired) electrons. The zero-order valence-electron chi connectivity index (χ0n) is 16.0. The minimum absolute atomic E-state index is 0.0973. The van der Waals surface area contributed by atoms with Gasteiger partial charge in [-0.3, -0.25) is 0 Å². The standard InChI is InChI=1S/C25H24N2O/c1-2-24(28-21-15-7-4-8-16-21)25-26-22-17-9-10-18-23(22)27(25)19-11-14-20-12-5-3-6-13-20/h3-18,24H,2,19H2,1H3/b14-11+. The van der Waals surface area contributed by atoms with Gasteiger partial charge in [0.25, 0.3) is 0 Å². The number of allylic oxidation sites excluding steroid dienone is 1. The summed E-state index contributed by atoms with van der Waals surface area (Å²) in [4.78, 5) is 4.91. The Bertz CT molecular complexity index is 1050. The van der Waals surface area contributed by atoms with E-state index in [1.54, 1.807) is 0 Å². The van der Waals surface area contributed by atoms with Crippen LogP contribution in [0.5, 0.6) is 5.75 Å². The van der Waals surface area contributed by atoms with Gasteiger partial charge in [0.05, 0.1) is 11.0 Å². The van der Waals surface area contributed by atoms with Crippen LogP contribution in [0, 0.1) is 0 Å². The maximum atomic E-state index is 6.28. The molecular weight excluding hydrogens is 344 g/mol. The predicted molar refractivity (Wildman–Crippen MR) is 115 cm³/mol. The maximum Gasteiger partial charge on any atom is 0.156 e. The fraction of sp³-hybridized carbons (Fsp3) is 0.160. The summed E-state index contributed by atoms with van der Waals surface area (Å²) in [5, 5.41) is 0. The first kappa shape index (κ1) is 18.1. The van der Waals surface area contributed by atoms with Crippen molar-refractivity contribution < 1.29 is 4.74 Å². The number of ether oxygens (including phenoxy) is 1. The van der Waals surface area contributed by atoms with Crippen LogP contribution < -0.4 is 4.74 Å². The molecule has 0 N–H and O–H groups in total. The quantitative estimate of drug-likeness (QED) is 0.384. The van der Waals surface area contributed by atoms with Crippen LogP contribution in [0.2, 0.25) is 0 Å². The van der Waals surface area contributed by atoms with E-state index in [-0.39, 0.29) is 6.10 Å². The highest BCUT2D eigenvalue weighted by molar-refractivity contribution is 5.76. The Kier molecular flexibility index (Phi) is 5.53. The van der Waals surface area contributed by atoms with Gasteiger partial charge in [0.2, 0.25) is 0 Å². The third-order valence-electron chi connectivity index (χ3n) is 4.76. The van der Waals surface area contributed by atoms with Crippen molar-refractivity contribution >= 4 is 17.1 Å². The molecule has 0 bridgehead atoms. The molecule has 140 valence electrons. The molecule has 1 unspecified atom stereocenters. The summed E-state index contributed by atoms with van der Waals surface area (Å²) in [6.07, 6.45) is 5.08. The highest BCUT2D eigenvalue weighted by Crippen LogP contribution is 2.27. The van der Waals surface area contributed by atoms with Gasteiger partial charge in [-0.1, -0.05) is 79.7 Å². The lowest BCUT2D eigenvalue weighted by Gasteiger charge is -2.18. The van der Waals surface area contributed by atoms with Gasteiger partial charge in [-0.05, 0) is 36.2 Å². The molecule has 3 heteroatoms. The Labute approximate surface area is 165 Å². The maximum absolute atomic E-state index is 6.28. The molecule has 28 heavy (non-hydrogen) atoms. The van der Waals surface area contributed by atoms with E-state index in [9.17, 15) is 0 Å². The molecule has 0 saturated carbocycles. The second-order valence-corrected chi connectivity index (χ2v) is 6.71. The number of aromatic nitrogens is 2. The first-order chi connectivity index (χ1) is 13.8. The first-order valence-corrected chi connectivity index (χ1v) is 9.73. The Morgan fingerprint density at radius 2 is 1.57 bits per heavy atom. The van der Waals surface area contributed by atoms with Crippen molar-refractivity contribution in [1.82, 2.24) is 9.55 Å². The highest BCUT2D eigenvalue weighted by Gasteiger charge is 2.20. The van der Waals surface area contributed by atoms with Crippen LogP contribution in [-0.4, -0.2) is 9.55 Å². The number of fused-ring (bicyclic) bond motifs is 1. The molecule has 4 rings (SSSR count). The lowest BCUT2D eigenvalue weighted by Crippen LogP contribution is -2.13. The smallest absolute Gasteiger partial charge is 0.156 e. The molecular formula is C25H24N2O. The van der Waals surface area contributed by atoms with E-state index in [4.69, 9.17) is 9.72 Å². The topological polar surface area (TPSA) is 27.1 Å². The summed E-state index contributed by atoms with van der Waals surface area (Å²) in [6, 6.07) is 28.6. The Morgan fingerprint density at radius 1 is 0.893 bits per heavy atom. The molecule has 0 aliphatic rings.